The molecular formula is C22H17F6O5PS. The standard InChI is InChI=1S/C22H17F6O5PS/c1-32-15-11-13(21(23,24)25)7-9-17(15)34(19-5-3-4-6-20(19)35(29,30)31)18-10-8-14(22(26,27)28)12-16(18)33-2/h3-12H,1-2H3,(H,29,30,31). The molecule has 0 spiro atoms. The van der Waals surface area contributed by atoms with Crippen molar-refractivity contribution in [2.75, 3.05) is 14.2 Å². The van der Waals surface area contributed by atoms with Crippen molar-refractivity contribution in [3.05, 3.63) is 71.8 Å². The number of ether oxygens (including phenoxy) is 2. The molecule has 0 aliphatic carbocycles. The molecule has 3 aromatic rings. The SMILES string of the molecule is COc1cc(C(F)(F)F)ccc1P(c1ccc(C(F)(F)F)cc1OC)c1ccccc1S(=O)(=O)O. The molecule has 0 aromatic heterocycles. The molecule has 13 heteroatoms. The second-order valence-electron chi connectivity index (χ2n) is 7.05. The van der Waals surface area contributed by atoms with Gasteiger partial charge in [0.1, 0.15) is 16.4 Å². The van der Waals surface area contributed by atoms with Gasteiger partial charge < -0.3 is 9.47 Å². The maximum atomic E-state index is 13.3. The average molecular weight is 538 g/mol. The smallest absolute Gasteiger partial charge is 0.416 e. The molecular weight excluding hydrogens is 521 g/mol. The van der Waals surface area contributed by atoms with Crippen molar-refractivity contribution < 1.29 is 48.8 Å². The quantitative estimate of drug-likeness (QED) is 0.279. The van der Waals surface area contributed by atoms with Gasteiger partial charge >= 0.3 is 12.4 Å². The predicted octanol–water partition coefficient (Wildman–Crippen LogP) is 4.75. The Kier molecular flexibility index (Phi) is 7.40. The molecule has 0 fully saturated rings. The molecule has 0 atom stereocenters. The summed E-state index contributed by atoms with van der Waals surface area (Å²) >= 11 is 0. The number of alkyl halides is 6. The summed E-state index contributed by atoms with van der Waals surface area (Å²) in [6.45, 7) is 0. The van der Waals surface area contributed by atoms with Crippen LogP contribution in [0, 0.1) is 0 Å². The molecule has 0 bridgehead atoms. The van der Waals surface area contributed by atoms with Crippen LogP contribution in [0.1, 0.15) is 11.1 Å². The van der Waals surface area contributed by atoms with Crippen LogP contribution in [-0.4, -0.2) is 27.2 Å². The highest BCUT2D eigenvalue weighted by Gasteiger charge is 2.36. The van der Waals surface area contributed by atoms with Gasteiger partial charge in [0.25, 0.3) is 10.1 Å². The Bertz CT molecular complexity index is 1270. The molecule has 0 amide bonds. The van der Waals surface area contributed by atoms with E-state index in [0.29, 0.717) is 12.1 Å². The minimum absolute atomic E-state index is 0.0545. The summed E-state index contributed by atoms with van der Waals surface area (Å²) in [5, 5.41) is 0.0652. The second kappa shape index (κ2) is 9.67. The number of hydrogen-bond donors (Lipinski definition) is 1. The van der Waals surface area contributed by atoms with Crippen molar-refractivity contribution in [1.29, 1.82) is 0 Å². The Morgan fingerprint density at radius 3 is 1.51 bits per heavy atom. The summed E-state index contributed by atoms with van der Waals surface area (Å²) in [5.41, 5.74) is -2.09. The van der Waals surface area contributed by atoms with Crippen LogP contribution in [-0.2, 0) is 22.5 Å². The van der Waals surface area contributed by atoms with Gasteiger partial charge in [-0.1, -0.05) is 18.2 Å². The summed E-state index contributed by atoms with van der Waals surface area (Å²) in [4.78, 5) is -0.560. The summed E-state index contributed by atoms with van der Waals surface area (Å²) in [7, 11) is -4.82. The topological polar surface area (TPSA) is 72.8 Å². The van der Waals surface area contributed by atoms with E-state index in [0.717, 1.165) is 44.6 Å². The van der Waals surface area contributed by atoms with Crippen molar-refractivity contribution >= 4 is 34.0 Å². The van der Waals surface area contributed by atoms with Crippen molar-refractivity contribution in [1.82, 2.24) is 0 Å². The zero-order valence-electron chi connectivity index (χ0n) is 18.0. The fraction of sp³-hybridized carbons (Fsp3) is 0.182. The number of halogens is 6. The number of benzene rings is 3. The van der Waals surface area contributed by atoms with Gasteiger partial charge in [-0.15, -0.1) is 0 Å². The molecule has 0 heterocycles. The molecule has 0 saturated heterocycles. The average Bonchev–Trinajstić information content (AvgIpc) is 2.77. The molecule has 188 valence electrons. The first-order valence-corrected chi connectivity index (χ1v) is 12.3. The lowest BCUT2D eigenvalue weighted by atomic mass is 10.2. The van der Waals surface area contributed by atoms with Crippen LogP contribution in [0.15, 0.2) is 65.6 Å². The van der Waals surface area contributed by atoms with E-state index in [1.807, 2.05) is 0 Å². The lowest BCUT2D eigenvalue weighted by molar-refractivity contribution is -0.138. The van der Waals surface area contributed by atoms with E-state index in [1.165, 1.54) is 18.2 Å². The van der Waals surface area contributed by atoms with Gasteiger partial charge in [0, 0.05) is 15.9 Å². The fourth-order valence-electron chi connectivity index (χ4n) is 3.33. The highest BCUT2D eigenvalue weighted by atomic mass is 32.2. The summed E-state index contributed by atoms with van der Waals surface area (Å²) in [6, 6.07) is 10.2. The van der Waals surface area contributed by atoms with Gasteiger partial charge in [0.15, 0.2) is 0 Å². The Balaban J connectivity index is 2.41. The van der Waals surface area contributed by atoms with E-state index in [1.54, 1.807) is 0 Å². The zero-order chi connectivity index (χ0) is 26.2. The van der Waals surface area contributed by atoms with Gasteiger partial charge in [-0.25, -0.2) is 0 Å². The van der Waals surface area contributed by atoms with Crippen LogP contribution < -0.4 is 25.4 Å². The third-order valence-electron chi connectivity index (χ3n) is 4.88. The third-order valence-corrected chi connectivity index (χ3v) is 8.52. The summed E-state index contributed by atoms with van der Waals surface area (Å²) in [5.74, 6) is -0.559. The van der Waals surface area contributed by atoms with Crippen LogP contribution in [0.4, 0.5) is 26.3 Å². The van der Waals surface area contributed by atoms with Gasteiger partial charge in [0.2, 0.25) is 0 Å². The summed E-state index contributed by atoms with van der Waals surface area (Å²) < 4.78 is 124. The normalized spacial score (nSPS) is 12.6. The molecule has 0 radical (unpaired) electrons. The van der Waals surface area contributed by atoms with Crippen LogP contribution >= 0.6 is 7.92 Å². The lowest BCUT2D eigenvalue weighted by Gasteiger charge is -2.25. The van der Waals surface area contributed by atoms with Crippen molar-refractivity contribution in [2.24, 2.45) is 0 Å². The summed E-state index contributed by atoms with van der Waals surface area (Å²) in [6.07, 6.45) is -9.43. The Labute approximate surface area is 197 Å². The van der Waals surface area contributed by atoms with Crippen LogP contribution in [0.25, 0.3) is 0 Å². The van der Waals surface area contributed by atoms with E-state index in [-0.39, 0.29) is 27.4 Å². The highest BCUT2D eigenvalue weighted by Crippen LogP contribution is 2.44. The van der Waals surface area contributed by atoms with Crippen LogP contribution in [0.3, 0.4) is 0 Å². The van der Waals surface area contributed by atoms with Crippen molar-refractivity contribution in [3.8, 4) is 11.5 Å². The fourth-order valence-corrected chi connectivity index (χ4v) is 7.04. The first kappa shape index (κ1) is 26.8. The number of rotatable bonds is 6. The number of methoxy groups -OCH3 is 2. The Morgan fingerprint density at radius 1 is 0.714 bits per heavy atom. The molecule has 1 N–H and O–H groups in total. The van der Waals surface area contributed by atoms with E-state index in [2.05, 4.69) is 0 Å². The van der Waals surface area contributed by atoms with Crippen LogP contribution in [0.2, 0.25) is 0 Å². The molecule has 0 saturated carbocycles. The van der Waals surface area contributed by atoms with Gasteiger partial charge in [0.05, 0.1) is 25.3 Å². The molecule has 0 aliphatic rings. The molecule has 0 aliphatic heterocycles. The predicted molar refractivity (Wildman–Crippen MR) is 118 cm³/mol. The van der Waals surface area contributed by atoms with Crippen LogP contribution in [0.5, 0.6) is 11.5 Å². The van der Waals surface area contributed by atoms with Crippen molar-refractivity contribution in [3.63, 3.8) is 0 Å². The maximum absolute atomic E-state index is 13.3. The molecule has 3 aromatic carbocycles. The van der Waals surface area contributed by atoms with E-state index in [4.69, 9.17) is 9.47 Å². The second-order valence-corrected chi connectivity index (χ2v) is 10.6. The molecule has 3 rings (SSSR count). The molecule has 5 nitrogen and oxygen atoms in total. The van der Waals surface area contributed by atoms with Crippen molar-refractivity contribution in [2.45, 2.75) is 17.2 Å². The minimum atomic E-state index is -4.82. The third kappa shape index (κ3) is 5.71. The van der Waals surface area contributed by atoms with E-state index in [9.17, 15) is 39.3 Å². The first-order chi connectivity index (χ1) is 16.2. The largest absolute Gasteiger partial charge is 0.496 e. The Morgan fingerprint density at radius 2 is 1.14 bits per heavy atom. The lowest BCUT2D eigenvalue weighted by Crippen LogP contribution is -2.27. The van der Waals surface area contributed by atoms with Gasteiger partial charge in [-0.05, 0) is 50.4 Å². The van der Waals surface area contributed by atoms with Gasteiger partial charge in [-0.2, -0.15) is 34.8 Å². The number of hydrogen-bond acceptors (Lipinski definition) is 4. The zero-order valence-corrected chi connectivity index (χ0v) is 19.7. The van der Waals surface area contributed by atoms with E-state index < -0.39 is 46.4 Å². The Hall–Kier alpha value is -2.82. The first-order valence-electron chi connectivity index (χ1n) is 9.55. The highest BCUT2D eigenvalue weighted by molar-refractivity contribution is 7.88. The minimum Gasteiger partial charge on any atom is -0.496 e. The molecule has 35 heavy (non-hydrogen) atoms. The maximum Gasteiger partial charge on any atom is 0.416 e. The monoisotopic (exact) mass is 538 g/mol. The van der Waals surface area contributed by atoms with Gasteiger partial charge in [-0.3, -0.25) is 4.55 Å². The van der Waals surface area contributed by atoms with E-state index >= 15 is 0 Å². The molecule has 0 unspecified atom stereocenters.